The standard InChI is InChI=1S/C22H23N5O3/c1-28-7-6-27(17-9-18(29-2)11-19(10-17)30-3)22-5-4-20-21(26-22)8-15(12-23-20)16-13-24-25-14-16/h4-5,8-14H,6-7H2,1-3H3,(H,24,25). The zero-order valence-corrected chi connectivity index (χ0v) is 17.1. The lowest BCUT2D eigenvalue weighted by atomic mass is 10.1. The molecule has 0 aliphatic rings. The van der Waals surface area contributed by atoms with Crippen LogP contribution in [0.4, 0.5) is 11.5 Å². The van der Waals surface area contributed by atoms with Crippen molar-refractivity contribution in [2.45, 2.75) is 0 Å². The summed E-state index contributed by atoms with van der Waals surface area (Å²) in [7, 11) is 4.95. The first-order valence-electron chi connectivity index (χ1n) is 9.47. The van der Waals surface area contributed by atoms with Gasteiger partial charge in [-0.3, -0.25) is 10.1 Å². The summed E-state index contributed by atoms with van der Waals surface area (Å²) in [6.07, 6.45) is 5.42. The van der Waals surface area contributed by atoms with E-state index in [0.29, 0.717) is 24.7 Å². The molecule has 0 spiro atoms. The van der Waals surface area contributed by atoms with Gasteiger partial charge in [-0.25, -0.2) is 4.98 Å². The number of hydrogen-bond donors (Lipinski definition) is 1. The van der Waals surface area contributed by atoms with Gasteiger partial charge in [0, 0.05) is 61.1 Å². The molecule has 3 aromatic heterocycles. The van der Waals surface area contributed by atoms with Gasteiger partial charge in [-0.15, -0.1) is 0 Å². The average Bonchev–Trinajstić information content (AvgIpc) is 3.33. The number of H-pyrrole nitrogens is 1. The van der Waals surface area contributed by atoms with Crippen molar-refractivity contribution in [1.29, 1.82) is 0 Å². The normalized spacial score (nSPS) is 10.9. The van der Waals surface area contributed by atoms with Gasteiger partial charge in [-0.1, -0.05) is 0 Å². The summed E-state index contributed by atoms with van der Waals surface area (Å²) in [5.41, 5.74) is 4.43. The van der Waals surface area contributed by atoms with Crippen LogP contribution in [0.3, 0.4) is 0 Å². The number of hydrogen-bond acceptors (Lipinski definition) is 7. The van der Waals surface area contributed by atoms with Crippen LogP contribution in [0.15, 0.2) is 55.0 Å². The molecule has 1 aromatic carbocycles. The van der Waals surface area contributed by atoms with E-state index in [1.165, 1.54) is 0 Å². The van der Waals surface area contributed by atoms with Crippen molar-refractivity contribution < 1.29 is 14.2 Å². The van der Waals surface area contributed by atoms with Gasteiger partial charge < -0.3 is 19.1 Å². The minimum atomic E-state index is 0.534. The van der Waals surface area contributed by atoms with Gasteiger partial charge in [0.15, 0.2) is 0 Å². The number of nitrogens with zero attached hydrogens (tertiary/aromatic N) is 4. The monoisotopic (exact) mass is 405 g/mol. The number of nitrogens with one attached hydrogen (secondary N) is 1. The largest absolute Gasteiger partial charge is 0.497 e. The van der Waals surface area contributed by atoms with Gasteiger partial charge in [0.2, 0.25) is 0 Å². The fraction of sp³-hybridized carbons (Fsp3) is 0.227. The van der Waals surface area contributed by atoms with Crippen LogP contribution >= 0.6 is 0 Å². The Balaban J connectivity index is 1.78. The molecule has 30 heavy (non-hydrogen) atoms. The van der Waals surface area contributed by atoms with Crippen LogP contribution in [0.1, 0.15) is 0 Å². The summed E-state index contributed by atoms with van der Waals surface area (Å²) in [6.45, 7) is 1.15. The van der Waals surface area contributed by atoms with Crippen molar-refractivity contribution in [1.82, 2.24) is 20.2 Å². The Morgan fingerprint density at radius 1 is 0.900 bits per heavy atom. The molecule has 0 saturated carbocycles. The topological polar surface area (TPSA) is 85.4 Å². The highest BCUT2D eigenvalue weighted by atomic mass is 16.5. The van der Waals surface area contributed by atoms with E-state index < -0.39 is 0 Å². The third-order valence-electron chi connectivity index (χ3n) is 4.80. The van der Waals surface area contributed by atoms with Crippen molar-refractivity contribution in [3.63, 3.8) is 0 Å². The predicted molar refractivity (Wildman–Crippen MR) is 116 cm³/mol. The third kappa shape index (κ3) is 4.04. The quantitative estimate of drug-likeness (QED) is 0.477. The molecule has 4 aromatic rings. The Hall–Kier alpha value is -3.65. The lowest BCUT2D eigenvalue weighted by molar-refractivity contribution is 0.207. The van der Waals surface area contributed by atoms with Gasteiger partial charge >= 0.3 is 0 Å². The summed E-state index contributed by atoms with van der Waals surface area (Å²) >= 11 is 0. The molecular formula is C22H23N5O3. The van der Waals surface area contributed by atoms with Crippen LogP contribution in [-0.2, 0) is 4.74 Å². The Morgan fingerprint density at radius 2 is 1.70 bits per heavy atom. The molecule has 0 unspecified atom stereocenters. The molecule has 0 aliphatic carbocycles. The maximum atomic E-state index is 5.44. The summed E-state index contributed by atoms with van der Waals surface area (Å²) in [5, 5.41) is 6.84. The van der Waals surface area contributed by atoms with Gasteiger partial charge in [0.1, 0.15) is 17.3 Å². The second kappa shape index (κ2) is 8.79. The number of ether oxygens (including phenoxy) is 3. The second-order valence-corrected chi connectivity index (χ2v) is 6.63. The highest BCUT2D eigenvalue weighted by Crippen LogP contribution is 2.33. The minimum Gasteiger partial charge on any atom is -0.497 e. The zero-order valence-electron chi connectivity index (χ0n) is 17.1. The lowest BCUT2D eigenvalue weighted by Crippen LogP contribution is -2.23. The first kappa shape index (κ1) is 19.7. The molecule has 4 rings (SSSR count). The highest BCUT2D eigenvalue weighted by Gasteiger charge is 2.15. The molecule has 0 amide bonds. The Morgan fingerprint density at radius 3 is 2.37 bits per heavy atom. The van der Waals surface area contributed by atoms with Crippen LogP contribution in [-0.4, -0.2) is 54.6 Å². The van der Waals surface area contributed by atoms with Crippen molar-refractivity contribution in [3.05, 3.63) is 55.0 Å². The predicted octanol–water partition coefficient (Wildman–Crippen LogP) is 3.82. The number of aromatic nitrogens is 4. The van der Waals surface area contributed by atoms with Crippen molar-refractivity contribution in [2.24, 2.45) is 0 Å². The number of rotatable bonds is 8. The maximum Gasteiger partial charge on any atom is 0.133 e. The molecule has 8 heteroatoms. The molecule has 0 bridgehead atoms. The molecule has 0 atom stereocenters. The fourth-order valence-electron chi connectivity index (χ4n) is 3.22. The third-order valence-corrected chi connectivity index (χ3v) is 4.80. The van der Waals surface area contributed by atoms with Crippen molar-refractivity contribution in [3.8, 4) is 22.6 Å². The molecule has 1 N–H and O–H groups in total. The number of anilines is 2. The number of aromatic amines is 1. The van der Waals surface area contributed by atoms with Gasteiger partial charge in [0.05, 0.1) is 38.1 Å². The first-order chi connectivity index (χ1) is 14.7. The van der Waals surface area contributed by atoms with E-state index in [1.807, 2.05) is 48.8 Å². The molecule has 0 saturated heterocycles. The summed E-state index contributed by atoms with van der Waals surface area (Å²) < 4.78 is 16.2. The first-order valence-corrected chi connectivity index (χ1v) is 9.47. The number of pyridine rings is 2. The molecular weight excluding hydrogens is 382 g/mol. The van der Waals surface area contributed by atoms with Crippen LogP contribution in [0.25, 0.3) is 22.2 Å². The molecule has 8 nitrogen and oxygen atoms in total. The fourth-order valence-corrected chi connectivity index (χ4v) is 3.22. The SMILES string of the molecule is COCCN(c1cc(OC)cc(OC)c1)c1ccc2ncc(-c3cn[nH]c3)cc2n1. The van der Waals surface area contributed by atoms with E-state index in [4.69, 9.17) is 19.2 Å². The Bertz CT molecular complexity index is 1110. The zero-order chi connectivity index (χ0) is 20.9. The number of benzene rings is 1. The highest BCUT2D eigenvalue weighted by molar-refractivity contribution is 5.82. The summed E-state index contributed by atoms with van der Waals surface area (Å²) in [5.74, 6) is 2.19. The van der Waals surface area contributed by atoms with E-state index in [2.05, 4.69) is 20.1 Å². The molecule has 0 fully saturated rings. The minimum absolute atomic E-state index is 0.534. The van der Waals surface area contributed by atoms with E-state index in [1.54, 1.807) is 27.5 Å². The Kier molecular flexibility index (Phi) is 5.76. The van der Waals surface area contributed by atoms with E-state index >= 15 is 0 Å². The Labute approximate surface area is 174 Å². The van der Waals surface area contributed by atoms with Crippen LogP contribution in [0.5, 0.6) is 11.5 Å². The van der Waals surface area contributed by atoms with Gasteiger partial charge in [-0.05, 0) is 18.2 Å². The van der Waals surface area contributed by atoms with Crippen LogP contribution in [0, 0.1) is 0 Å². The van der Waals surface area contributed by atoms with Crippen molar-refractivity contribution in [2.75, 3.05) is 39.4 Å². The van der Waals surface area contributed by atoms with E-state index in [9.17, 15) is 0 Å². The summed E-state index contributed by atoms with van der Waals surface area (Å²) in [6, 6.07) is 11.7. The molecule has 0 radical (unpaired) electrons. The second-order valence-electron chi connectivity index (χ2n) is 6.63. The van der Waals surface area contributed by atoms with E-state index in [0.717, 1.165) is 33.7 Å². The average molecular weight is 405 g/mol. The smallest absolute Gasteiger partial charge is 0.133 e. The lowest BCUT2D eigenvalue weighted by Gasteiger charge is -2.25. The molecule has 3 heterocycles. The van der Waals surface area contributed by atoms with Crippen LogP contribution in [0.2, 0.25) is 0 Å². The number of fused-ring (bicyclic) bond motifs is 1. The van der Waals surface area contributed by atoms with E-state index in [-0.39, 0.29) is 0 Å². The summed E-state index contributed by atoms with van der Waals surface area (Å²) in [4.78, 5) is 11.5. The molecule has 154 valence electrons. The van der Waals surface area contributed by atoms with Crippen molar-refractivity contribution >= 4 is 22.5 Å². The van der Waals surface area contributed by atoms with Crippen LogP contribution < -0.4 is 14.4 Å². The van der Waals surface area contributed by atoms with Gasteiger partial charge in [0.25, 0.3) is 0 Å². The molecule has 0 aliphatic heterocycles. The van der Waals surface area contributed by atoms with Gasteiger partial charge in [-0.2, -0.15) is 5.10 Å². The maximum absolute atomic E-state index is 5.44. The number of methoxy groups -OCH3 is 3.